The van der Waals surface area contributed by atoms with Gasteiger partial charge in [0.1, 0.15) is 4.88 Å². The number of nitrogens with zero attached hydrogens (tertiary/aromatic N) is 2. The molecule has 1 aromatic rings. The van der Waals surface area contributed by atoms with Crippen LogP contribution in [-0.2, 0) is 14.3 Å². The molecule has 2 rings (SSSR count). The van der Waals surface area contributed by atoms with Crippen LogP contribution in [0.5, 0.6) is 0 Å². The Morgan fingerprint density at radius 2 is 2.12 bits per heavy atom. The molecule has 0 spiro atoms. The number of carbonyl (C=O) groups is 3. The van der Waals surface area contributed by atoms with E-state index >= 15 is 0 Å². The number of anilines is 1. The molecule has 0 radical (unpaired) electrons. The van der Waals surface area contributed by atoms with E-state index in [2.05, 4.69) is 5.32 Å². The van der Waals surface area contributed by atoms with Gasteiger partial charge >= 0.3 is 5.97 Å². The van der Waals surface area contributed by atoms with E-state index in [1.54, 1.807) is 32.0 Å². The molecule has 1 N–H and O–H groups in total. The molecule has 0 saturated carbocycles. The van der Waals surface area contributed by atoms with Gasteiger partial charge in [0, 0.05) is 20.6 Å². The maximum atomic E-state index is 12.3. The van der Waals surface area contributed by atoms with Crippen LogP contribution in [0.1, 0.15) is 35.0 Å². The largest absolute Gasteiger partial charge is 0.462 e. The lowest BCUT2D eigenvalue weighted by atomic mass is 9.97. The SMILES string of the molecule is CCOC(=O)c1sc(NC(=O)CN2CCCC(C(=O)N(C)C)C2)cc1C. The van der Waals surface area contributed by atoms with Crippen molar-refractivity contribution in [3.63, 3.8) is 0 Å². The number of hydrogen-bond acceptors (Lipinski definition) is 6. The van der Waals surface area contributed by atoms with Crippen LogP contribution < -0.4 is 5.32 Å². The minimum atomic E-state index is -0.364. The smallest absolute Gasteiger partial charge is 0.348 e. The molecule has 1 saturated heterocycles. The number of amides is 2. The second kappa shape index (κ2) is 9.14. The molecule has 1 aromatic heterocycles. The summed E-state index contributed by atoms with van der Waals surface area (Å²) in [6, 6.07) is 1.78. The molecular weight excluding hydrogens is 354 g/mol. The molecule has 2 amide bonds. The molecule has 8 heteroatoms. The van der Waals surface area contributed by atoms with Crippen LogP contribution >= 0.6 is 11.3 Å². The van der Waals surface area contributed by atoms with Crippen LogP contribution in [-0.4, -0.2) is 67.9 Å². The second-order valence-corrected chi connectivity index (χ2v) is 7.75. The third-order valence-corrected chi connectivity index (χ3v) is 5.44. The van der Waals surface area contributed by atoms with Gasteiger partial charge in [-0.15, -0.1) is 11.3 Å². The maximum absolute atomic E-state index is 12.3. The van der Waals surface area contributed by atoms with Crippen molar-refractivity contribution in [1.82, 2.24) is 9.80 Å². The lowest BCUT2D eigenvalue weighted by molar-refractivity contribution is -0.135. The minimum Gasteiger partial charge on any atom is -0.462 e. The Labute approximate surface area is 158 Å². The second-order valence-electron chi connectivity index (χ2n) is 6.70. The van der Waals surface area contributed by atoms with Gasteiger partial charge in [-0.25, -0.2) is 4.79 Å². The number of aryl methyl sites for hydroxylation is 1. The van der Waals surface area contributed by atoms with Crippen molar-refractivity contribution in [2.45, 2.75) is 26.7 Å². The zero-order valence-corrected chi connectivity index (χ0v) is 16.6. The third-order valence-electron chi connectivity index (χ3n) is 4.30. The van der Waals surface area contributed by atoms with Gasteiger partial charge in [0.25, 0.3) is 0 Å². The summed E-state index contributed by atoms with van der Waals surface area (Å²) in [5.74, 6) is -0.440. The number of hydrogen-bond donors (Lipinski definition) is 1. The highest BCUT2D eigenvalue weighted by atomic mass is 32.1. The fourth-order valence-electron chi connectivity index (χ4n) is 3.09. The van der Waals surface area contributed by atoms with Gasteiger partial charge in [0.2, 0.25) is 11.8 Å². The van der Waals surface area contributed by atoms with Crippen LogP contribution in [0, 0.1) is 12.8 Å². The first-order valence-electron chi connectivity index (χ1n) is 8.82. The number of piperidine rings is 1. The lowest BCUT2D eigenvalue weighted by Gasteiger charge is -2.32. The van der Waals surface area contributed by atoms with Gasteiger partial charge in [0.05, 0.1) is 24.1 Å². The molecule has 1 aliphatic rings. The Kier molecular flexibility index (Phi) is 7.16. The number of carbonyl (C=O) groups excluding carboxylic acids is 3. The molecule has 1 fully saturated rings. The number of thiophene rings is 1. The van der Waals surface area contributed by atoms with Crippen molar-refractivity contribution in [3.05, 3.63) is 16.5 Å². The van der Waals surface area contributed by atoms with E-state index in [9.17, 15) is 14.4 Å². The van der Waals surface area contributed by atoms with E-state index in [-0.39, 0.29) is 30.2 Å². The quantitative estimate of drug-likeness (QED) is 0.762. The van der Waals surface area contributed by atoms with Crippen molar-refractivity contribution in [2.75, 3.05) is 45.7 Å². The molecule has 0 bridgehead atoms. The molecule has 1 unspecified atom stereocenters. The maximum Gasteiger partial charge on any atom is 0.348 e. The van der Waals surface area contributed by atoms with E-state index in [0.717, 1.165) is 24.9 Å². The average molecular weight is 381 g/mol. The molecule has 1 atom stereocenters. The summed E-state index contributed by atoms with van der Waals surface area (Å²) < 4.78 is 5.02. The van der Waals surface area contributed by atoms with E-state index in [1.807, 2.05) is 11.8 Å². The summed E-state index contributed by atoms with van der Waals surface area (Å²) in [4.78, 5) is 40.5. The monoisotopic (exact) mass is 381 g/mol. The predicted octanol–water partition coefficient (Wildman–Crippen LogP) is 1.97. The first-order chi connectivity index (χ1) is 12.3. The highest BCUT2D eigenvalue weighted by Crippen LogP contribution is 2.27. The number of ether oxygens (including phenoxy) is 1. The highest BCUT2D eigenvalue weighted by molar-refractivity contribution is 7.18. The van der Waals surface area contributed by atoms with Crippen molar-refractivity contribution in [2.24, 2.45) is 5.92 Å². The predicted molar refractivity (Wildman–Crippen MR) is 102 cm³/mol. The number of rotatable bonds is 6. The molecule has 26 heavy (non-hydrogen) atoms. The molecule has 7 nitrogen and oxygen atoms in total. The molecule has 0 aromatic carbocycles. The standard InChI is InChI=1S/C18H27N3O4S/c1-5-25-18(24)16-12(2)9-15(26-16)19-14(22)11-21-8-6-7-13(10-21)17(23)20(3)4/h9,13H,5-8,10-11H2,1-4H3,(H,19,22). The van der Waals surface area contributed by atoms with Crippen molar-refractivity contribution < 1.29 is 19.1 Å². The number of esters is 1. The summed E-state index contributed by atoms with van der Waals surface area (Å²) >= 11 is 1.22. The Balaban J connectivity index is 1.91. The molecule has 2 heterocycles. The van der Waals surface area contributed by atoms with Gasteiger partial charge in [-0.2, -0.15) is 0 Å². The zero-order chi connectivity index (χ0) is 19.3. The lowest BCUT2D eigenvalue weighted by Crippen LogP contribution is -2.45. The Bertz CT molecular complexity index is 671. The highest BCUT2D eigenvalue weighted by Gasteiger charge is 2.28. The molecule has 144 valence electrons. The summed E-state index contributed by atoms with van der Waals surface area (Å²) in [5, 5.41) is 3.48. The first-order valence-corrected chi connectivity index (χ1v) is 9.64. The fraction of sp³-hybridized carbons (Fsp3) is 0.611. The van der Waals surface area contributed by atoms with Crippen molar-refractivity contribution >= 4 is 34.1 Å². The van der Waals surface area contributed by atoms with Crippen LogP contribution in [0.3, 0.4) is 0 Å². The Hall–Kier alpha value is -1.93. The fourth-order valence-corrected chi connectivity index (χ4v) is 4.07. The van der Waals surface area contributed by atoms with Crippen LogP contribution in [0.4, 0.5) is 5.00 Å². The number of nitrogens with one attached hydrogen (secondary N) is 1. The molecular formula is C18H27N3O4S. The van der Waals surface area contributed by atoms with Gasteiger partial charge < -0.3 is 15.0 Å². The normalized spacial score (nSPS) is 17.6. The molecule has 0 aliphatic carbocycles. The summed E-state index contributed by atoms with van der Waals surface area (Å²) in [6.45, 7) is 5.55. The topological polar surface area (TPSA) is 79.0 Å². The third kappa shape index (κ3) is 5.28. The van der Waals surface area contributed by atoms with Gasteiger partial charge in [-0.05, 0) is 44.9 Å². The van der Waals surface area contributed by atoms with Gasteiger partial charge in [0.15, 0.2) is 0 Å². The Morgan fingerprint density at radius 1 is 1.38 bits per heavy atom. The van der Waals surface area contributed by atoms with Crippen molar-refractivity contribution in [1.29, 1.82) is 0 Å². The van der Waals surface area contributed by atoms with E-state index < -0.39 is 0 Å². The zero-order valence-electron chi connectivity index (χ0n) is 15.8. The van der Waals surface area contributed by atoms with E-state index in [0.29, 0.717) is 23.0 Å². The number of likely N-dealkylation sites (tertiary alicyclic amines) is 1. The van der Waals surface area contributed by atoms with Crippen LogP contribution in [0.25, 0.3) is 0 Å². The summed E-state index contributed by atoms with van der Waals surface area (Å²) in [7, 11) is 3.52. The molecule has 1 aliphatic heterocycles. The first kappa shape index (κ1) is 20.4. The van der Waals surface area contributed by atoms with Crippen LogP contribution in [0.2, 0.25) is 0 Å². The van der Waals surface area contributed by atoms with E-state index in [4.69, 9.17) is 4.74 Å². The van der Waals surface area contributed by atoms with Gasteiger partial charge in [-0.3, -0.25) is 14.5 Å². The summed E-state index contributed by atoms with van der Waals surface area (Å²) in [6.07, 6.45) is 1.77. The summed E-state index contributed by atoms with van der Waals surface area (Å²) in [5.41, 5.74) is 0.790. The minimum absolute atomic E-state index is 0.0500. The van der Waals surface area contributed by atoms with Crippen LogP contribution in [0.15, 0.2) is 6.07 Å². The Morgan fingerprint density at radius 3 is 2.77 bits per heavy atom. The van der Waals surface area contributed by atoms with Crippen molar-refractivity contribution in [3.8, 4) is 0 Å². The van der Waals surface area contributed by atoms with E-state index in [1.165, 1.54) is 11.3 Å². The average Bonchev–Trinajstić information content (AvgIpc) is 2.94. The van der Waals surface area contributed by atoms with Gasteiger partial charge in [-0.1, -0.05) is 0 Å².